The molecule has 2 rings (SSSR count). The molecule has 1 atom stereocenters. The average molecular weight is 391 g/mol. The Morgan fingerprint density at radius 1 is 1.25 bits per heavy atom. The molecule has 9 nitrogen and oxygen atoms in total. The van der Waals surface area contributed by atoms with Gasteiger partial charge in [-0.15, -0.1) is 0 Å². The van der Waals surface area contributed by atoms with Gasteiger partial charge in [0.15, 0.2) is 0 Å². The van der Waals surface area contributed by atoms with Gasteiger partial charge in [-0.1, -0.05) is 19.3 Å². The highest BCUT2D eigenvalue weighted by molar-refractivity contribution is 6.01. The molecule has 0 radical (unpaired) electrons. The van der Waals surface area contributed by atoms with Gasteiger partial charge in [-0.3, -0.25) is 14.6 Å². The second kappa shape index (κ2) is 9.01. The minimum Gasteiger partial charge on any atom is -0.478 e. The number of nitrogens with two attached hydrogens (primary N) is 2. The molecule has 9 heteroatoms. The van der Waals surface area contributed by atoms with Gasteiger partial charge in [0.1, 0.15) is 5.56 Å². The molecular formula is C19H29N5O4. The van der Waals surface area contributed by atoms with Crippen LogP contribution in [0.1, 0.15) is 62.7 Å². The van der Waals surface area contributed by atoms with E-state index in [2.05, 4.69) is 15.6 Å². The number of hydrogen-bond acceptors (Lipinski definition) is 6. The van der Waals surface area contributed by atoms with E-state index in [1.807, 2.05) is 0 Å². The highest BCUT2D eigenvalue weighted by atomic mass is 16.4. The largest absolute Gasteiger partial charge is 0.478 e. The molecule has 1 aromatic rings. The Kier molecular flexibility index (Phi) is 6.95. The normalized spacial score (nSPS) is 16.2. The molecule has 0 aliphatic heterocycles. The lowest BCUT2D eigenvalue weighted by molar-refractivity contribution is -0.126. The third-order valence-corrected chi connectivity index (χ3v) is 5.02. The number of pyridine rings is 1. The van der Waals surface area contributed by atoms with Crippen LogP contribution in [0, 0.1) is 5.92 Å². The molecule has 0 spiro atoms. The Bertz CT molecular complexity index is 744. The zero-order chi connectivity index (χ0) is 20.9. The molecule has 1 fully saturated rings. The van der Waals surface area contributed by atoms with Crippen LogP contribution < -0.4 is 22.1 Å². The average Bonchev–Trinajstić information content (AvgIpc) is 2.62. The summed E-state index contributed by atoms with van der Waals surface area (Å²) in [4.78, 5) is 39.8. The lowest BCUT2D eigenvalue weighted by atomic mass is 9.83. The van der Waals surface area contributed by atoms with Gasteiger partial charge in [-0.05, 0) is 32.6 Å². The fourth-order valence-corrected chi connectivity index (χ4v) is 3.50. The number of aromatic carboxylic acids is 1. The van der Waals surface area contributed by atoms with Crippen LogP contribution in [-0.4, -0.2) is 39.5 Å². The van der Waals surface area contributed by atoms with E-state index in [0.717, 1.165) is 31.9 Å². The Morgan fingerprint density at radius 3 is 2.50 bits per heavy atom. The number of nitrogens with one attached hydrogen (secondary N) is 2. The van der Waals surface area contributed by atoms with Crippen molar-refractivity contribution in [2.75, 3.05) is 11.1 Å². The lowest BCUT2D eigenvalue weighted by Gasteiger charge is -2.31. The molecule has 2 amide bonds. The smallest absolute Gasteiger partial charge is 0.339 e. The molecule has 1 aliphatic rings. The first-order chi connectivity index (χ1) is 13.1. The zero-order valence-corrected chi connectivity index (χ0v) is 16.3. The first-order valence-electron chi connectivity index (χ1n) is 9.45. The fourth-order valence-electron chi connectivity index (χ4n) is 3.50. The number of carbonyl (C=O) groups is 3. The quantitative estimate of drug-likeness (QED) is 0.470. The van der Waals surface area contributed by atoms with Crippen molar-refractivity contribution >= 4 is 29.2 Å². The van der Waals surface area contributed by atoms with E-state index in [4.69, 9.17) is 16.6 Å². The monoisotopic (exact) mass is 391 g/mol. The van der Waals surface area contributed by atoms with Crippen molar-refractivity contribution in [3.05, 3.63) is 18.0 Å². The molecule has 7 N–H and O–H groups in total. The SMILES string of the molecule is CC(C)(CC(=O)Nc1cncc(C(=O)O)c1N)NC(=O)[C@@H](N)C1CCCCC1. The molecule has 28 heavy (non-hydrogen) atoms. The van der Waals surface area contributed by atoms with Crippen LogP contribution in [0.2, 0.25) is 0 Å². The molecule has 1 aromatic heterocycles. The third-order valence-electron chi connectivity index (χ3n) is 5.02. The lowest BCUT2D eigenvalue weighted by Crippen LogP contribution is -2.54. The predicted octanol–water partition coefficient (Wildman–Crippen LogP) is 1.49. The van der Waals surface area contributed by atoms with E-state index in [-0.39, 0.29) is 35.2 Å². The Hall–Kier alpha value is -2.68. The van der Waals surface area contributed by atoms with Crippen LogP contribution in [0.4, 0.5) is 11.4 Å². The van der Waals surface area contributed by atoms with E-state index < -0.39 is 23.5 Å². The molecule has 0 aromatic carbocycles. The maximum atomic E-state index is 12.5. The van der Waals surface area contributed by atoms with E-state index in [1.165, 1.54) is 12.6 Å². The van der Waals surface area contributed by atoms with Crippen molar-refractivity contribution in [3.63, 3.8) is 0 Å². The number of rotatable bonds is 7. The van der Waals surface area contributed by atoms with Gasteiger partial charge >= 0.3 is 5.97 Å². The van der Waals surface area contributed by atoms with Crippen molar-refractivity contribution < 1.29 is 19.5 Å². The number of nitrogens with zero attached hydrogens (tertiary/aromatic N) is 1. The van der Waals surface area contributed by atoms with Gasteiger partial charge in [0.2, 0.25) is 11.8 Å². The maximum absolute atomic E-state index is 12.5. The number of carbonyl (C=O) groups excluding carboxylic acids is 2. The fraction of sp³-hybridized carbons (Fsp3) is 0.579. The van der Waals surface area contributed by atoms with Gasteiger partial charge < -0.3 is 27.2 Å². The second-order valence-corrected chi connectivity index (χ2v) is 7.98. The Labute approximate surface area is 164 Å². The van der Waals surface area contributed by atoms with E-state index in [1.54, 1.807) is 13.8 Å². The maximum Gasteiger partial charge on any atom is 0.339 e. The molecule has 0 bridgehead atoms. The van der Waals surface area contributed by atoms with Crippen molar-refractivity contribution in [1.82, 2.24) is 10.3 Å². The van der Waals surface area contributed by atoms with Crippen molar-refractivity contribution in [2.24, 2.45) is 11.7 Å². The van der Waals surface area contributed by atoms with Crippen LogP contribution in [0.15, 0.2) is 12.4 Å². The topological polar surface area (TPSA) is 160 Å². The molecule has 0 saturated heterocycles. The number of nitrogen functional groups attached to an aromatic ring is 1. The number of anilines is 2. The molecule has 1 aliphatic carbocycles. The molecule has 1 heterocycles. The van der Waals surface area contributed by atoms with Crippen molar-refractivity contribution in [1.29, 1.82) is 0 Å². The highest BCUT2D eigenvalue weighted by Gasteiger charge is 2.31. The number of hydrogen-bond donors (Lipinski definition) is 5. The van der Waals surface area contributed by atoms with E-state index >= 15 is 0 Å². The summed E-state index contributed by atoms with van der Waals surface area (Å²) in [6.07, 6.45) is 7.60. The van der Waals surface area contributed by atoms with Crippen LogP contribution >= 0.6 is 0 Å². The molecule has 154 valence electrons. The Balaban J connectivity index is 1.95. The van der Waals surface area contributed by atoms with E-state index in [9.17, 15) is 14.4 Å². The molecule has 0 unspecified atom stereocenters. The predicted molar refractivity (Wildman–Crippen MR) is 106 cm³/mol. The van der Waals surface area contributed by atoms with Gasteiger partial charge in [-0.25, -0.2) is 4.79 Å². The van der Waals surface area contributed by atoms with Gasteiger partial charge in [0.25, 0.3) is 0 Å². The standard InChI is InChI=1S/C19H29N5O4/c1-19(2,24-17(26)15(20)11-6-4-3-5-7-11)8-14(25)23-13-10-22-9-12(16(13)21)18(27)28/h9-11,15H,3-8,20H2,1-2H3,(H2,21,22)(H,23,25)(H,24,26)(H,27,28)/t15-/m0/s1. The van der Waals surface area contributed by atoms with Gasteiger partial charge in [-0.2, -0.15) is 0 Å². The highest BCUT2D eigenvalue weighted by Crippen LogP contribution is 2.26. The first-order valence-corrected chi connectivity index (χ1v) is 9.45. The van der Waals surface area contributed by atoms with Crippen LogP contribution in [-0.2, 0) is 9.59 Å². The number of amides is 2. The summed E-state index contributed by atoms with van der Waals surface area (Å²) >= 11 is 0. The second-order valence-electron chi connectivity index (χ2n) is 7.98. The summed E-state index contributed by atoms with van der Waals surface area (Å²) in [7, 11) is 0. The van der Waals surface area contributed by atoms with Crippen molar-refractivity contribution in [2.45, 2.75) is 64.0 Å². The minimum absolute atomic E-state index is 0.0349. The van der Waals surface area contributed by atoms with Gasteiger partial charge in [0, 0.05) is 18.2 Å². The molecular weight excluding hydrogens is 362 g/mol. The summed E-state index contributed by atoms with van der Waals surface area (Å²) < 4.78 is 0. The van der Waals surface area contributed by atoms with Crippen LogP contribution in [0.5, 0.6) is 0 Å². The number of carboxylic acids is 1. The summed E-state index contributed by atoms with van der Waals surface area (Å²) in [5.74, 6) is -1.75. The van der Waals surface area contributed by atoms with E-state index in [0.29, 0.717) is 0 Å². The van der Waals surface area contributed by atoms with Crippen LogP contribution in [0.3, 0.4) is 0 Å². The molecule has 1 saturated carbocycles. The summed E-state index contributed by atoms with van der Waals surface area (Å²) in [5, 5.41) is 14.5. The minimum atomic E-state index is -1.23. The Morgan fingerprint density at radius 2 is 1.89 bits per heavy atom. The van der Waals surface area contributed by atoms with Gasteiger partial charge in [0.05, 0.1) is 23.6 Å². The van der Waals surface area contributed by atoms with Crippen LogP contribution in [0.25, 0.3) is 0 Å². The number of aromatic nitrogens is 1. The number of carboxylic acid groups (broad SMARTS) is 1. The van der Waals surface area contributed by atoms with Crippen molar-refractivity contribution in [3.8, 4) is 0 Å². The summed E-state index contributed by atoms with van der Waals surface area (Å²) in [6, 6.07) is -0.588. The first kappa shape index (κ1) is 21.6. The summed E-state index contributed by atoms with van der Waals surface area (Å²) in [6.45, 7) is 3.46. The zero-order valence-electron chi connectivity index (χ0n) is 16.3. The third kappa shape index (κ3) is 5.66. The summed E-state index contributed by atoms with van der Waals surface area (Å²) in [5.41, 5.74) is 10.9.